The zero-order valence-electron chi connectivity index (χ0n) is 10.9. The first-order valence-corrected chi connectivity index (χ1v) is 7.20. The van der Waals surface area contributed by atoms with Gasteiger partial charge >= 0.3 is 0 Å². The van der Waals surface area contributed by atoms with Crippen LogP contribution in [0, 0.1) is 23.7 Å². The van der Waals surface area contributed by atoms with E-state index in [4.69, 9.17) is 5.73 Å². The summed E-state index contributed by atoms with van der Waals surface area (Å²) in [4.78, 5) is 12.2. The van der Waals surface area contributed by atoms with Gasteiger partial charge in [-0.25, -0.2) is 0 Å². The Morgan fingerprint density at radius 1 is 1.24 bits per heavy atom. The van der Waals surface area contributed by atoms with Crippen molar-refractivity contribution in [1.82, 2.24) is 5.32 Å². The smallest absolute Gasteiger partial charge is 0.240 e. The molecule has 0 heterocycles. The number of carbonyl (C=O) groups excluding carboxylic acids is 1. The number of nitrogens with one attached hydrogen (secondary N) is 1. The molecule has 3 saturated carbocycles. The Balaban J connectivity index is 1.61. The maximum Gasteiger partial charge on any atom is 0.240 e. The van der Waals surface area contributed by atoms with E-state index < -0.39 is 5.54 Å². The lowest BCUT2D eigenvalue weighted by Gasteiger charge is -2.26. The van der Waals surface area contributed by atoms with Gasteiger partial charge < -0.3 is 11.1 Å². The van der Waals surface area contributed by atoms with Crippen LogP contribution < -0.4 is 11.1 Å². The largest absolute Gasteiger partial charge is 0.351 e. The normalized spacial score (nSPS) is 42.4. The van der Waals surface area contributed by atoms with Gasteiger partial charge in [0, 0.05) is 6.04 Å². The molecule has 0 aromatic rings. The molecule has 0 radical (unpaired) electrons. The summed E-state index contributed by atoms with van der Waals surface area (Å²) in [5.74, 6) is 3.50. The van der Waals surface area contributed by atoms with Crippen molar-refractivity contribution in [2.45, 2.75) is 57.5 Å². The summed E-state index contributed by atoms with van der Waals surface area (Å²) < 4.78 is 0. The van der Waals surface area contributed by atoms with Crippen LogP contribution in [0.1, 0.15) is 46.0 Å². The van der Waals surface area contributed by atoms with E-state index in [0.717, 1.165) is 36.5 Å². The molecule has 3 N–H and O–H groups in total. The van der Waals surface area contributed by atoms with E-state index in [1.54, 1.807) is 0 Å². The molecule has 2 bridgehead atoms. The van der Waals surface area contributed by atoms with Crippen LogP contribution in [0.25, 0.3) is 0 Å². The maximum atomic E-state index is 12.2. The van der Waals surface area contributed by atoms with Crippen molar-refractivity contribution < 1.29 is 4.79 Å². The minimum Gasteiger partial charge on any atom is -0.351 e. The average Bonchev–Trinajstić information content (AvgIpc) is 2.76. The monoisotopic (exact) mass is 236 g/mol. The van der Waals surface area contributed by atoms with Crippen LogP contribution in [0.5, 0.6) is 0 Å². The average molecular weight is 236 g/mol. The number of hydrogen-bond acceptors (Lipinski definition) is 2. The fourth-order valence-corrected chi connectivity index (χ4v) is 4.38. The Hall–Kier alpha value is -0.570. The van der Waals surface area contributed by atoms with Crippen LogP contribution in [-0.4, -0.2) is 17.5 Å². The lowest BCUT2D eigenvalue weighted by Crippen LogP contribution is -2.54. The molecule has 17 heavy (non-hydrogen) atoms. The second kappa shape index (κ2) is 3.71. The molecule has 0 aromatic heterocycles. The molecule has 0 spiro atoms. The number of amides is 1. The quantitative estimate of drug-likeness (QED) is 0.780. The first-order valence-electron chi connectivity index (χ1n) is 7.20. The highest BCUT2D eigenvalue weighted by atomic mass is 16.2. The summed E-state index contributed by atoms with van der Waals surface area (Å²) in [7, 11) is 0. The summed E-state index contributed by atoms with van der Waals surface area (Å²) >= 11 is 0. The third-order valence-electron chi connectivity index (χ3n) is 5.75. The van der Waals surface area contributed by atoms with E-state index in [1.807, 2.05) is 13.8 Å². The zero-order chi connectivity index (χ0) is 12.2. The Kier molecular flexibility index (Phi) is 2.51. The SMILES string of the molecule is CCC(N)(CC)C(=O)NC1C2C3CCC(C3)C12. The van der Waals surface area contributed by atoms with Crippen molar-refractivity contribution in [3.05, 3.63) is 0 Å². The lowest BCUT2D eigenvalue weighted by molar-refractivity contribution is -0.127. The molecule has 0 saturated heterocycles. The fourth-order valence-electron chi connectivity index (χ4n) is 4.38. The van der Waals surface area contributed by atoms with Crippen molar-refractivity contribution in [2.24, 2.45) is 29.4 Å². The van der Waals surface area contributed by atoms with Crippen LogP contribution in [0.2, 0.25) is 0 Å². The maximum absolute atomic E-state index is 12.2. The second-order valence-corrected chi connectivity index (χ2v) is 6.35. The summed E-state index contributed by atoms with van der Waals surface area (Å²) in [5, 5.41) is 3.24. The highest BCUT2D eigenvalue weighted by Gasteiger charge is 2.65. The number of rotatable bonds is 4. The third-order valence-corrected chi connectivity index (χ3v) is 5.75. The predicted octanol–water partition coefficient (Wildman–Crippen LogP) is 1.66. The molecule has 3 aliphatic carbocycles. The van der Waals surface area contributed by atoms with E-state index in [2.05, 4.69) is 5.32 Å². The number of nitrogens with two attached hydrogens (primary N) is 1. The van der Waals surface area contributed by atoms with E-state index in [1.165, 1.54) is 19.3 Å². The molecule has 4 atom stereocenters. The van der Waals surface area contributed by atoms with E-state index in [-0.39, 0.29) is 5.91 Å². The van der Waals surface area contributed by atoms with Gasteiger partial charge in [0.15, 0.2) is 0 Å². The number of hydrogen-bond donors (Lipinski definition) is 2. The Labute approximate surface area is 104 Å². The van der Waals surface area contributed by atoms with E-state index >= 15 is 0 Å². The van der Waals surface area contributed by atoms with Crippen LogP contribution in [0.3, 0.4) is 0 Å². The molecule has 0 aromatic carbocycles. The third kappa shape index (κ3) is 1.55. The van der Waals surface area contributed by atoms with Crippen LogP contribution in [0.4, 0.5) is 0 Å². The van der Waals surface area contributed by atoms with Gasteiger partial charge in [-0.15, -0.1) is 0 Å². The Morgan fingerprint density at radius 2 is 1.76 bits per heavy atom. The van der Waals surface area contributed by atoms with Crippen molar-refractivity contribution >= 4 is 5.91 Å². The highest BCUT2D eigenvalue weighted by Crippen LogP contribution is 2.65. The number of carbonyl (C=O) groups is 1. The first-order chi connectivity index (χ1) is 8.10. The van der Waals surface area contributed by atoms with Gasteiger partial charge in [-0.05, 0) is 55.8 Å². The summed E-state index contributed by atoms with van der Waals surface area (Å²) in [6, 6.07) is 0.467. The van der Waals surface area contributed by atoms with E-state index in [0.29, 0.717) is 6.04 Å². The minimum atomic E-state index is -0.643. The van der Waals surface area contributed by atoms with Gasteiger partial charge in [-0.2, -0.15) is 0 Å². The van der Waals surface area contributed by atoms with Gasteiger partial charge in [0.25, 0.3) is 0 Å². The van der Waals surface area contributed by atoms with Crippen molar-refractivity contribution in [3.8, 4) is 0 Å². The zero-order valence-corrected chi connectivity index (χ0v) is 10.9. The van der Waals surface area contributed by atoms with Gasteiger partial charge in [0.05, 0.1) is 5.54 Å². The Morgan fingerprint density at radius 3 is 2.24 bits per heavy atom. The molecule has 3 nitrogen and oxygen atoms in total. The minimum absolute atomic E-state index is 0.0845. The summed E-state index contributed by atoms with van der Waals surface area (Å²) in [5.41, 5.74) is 5.50. The van der Waals surface area contributed by atoms with Crippen LogP contribution in [0.15, 0.2) is 0 Å². The van der Waals surface area contributed by atoms with Crippen LogP contribution >= 0.6 is 0 Å². The second-order valence-electron chi connectivity index (χ2n) is 6.35. The lowest BCUT2D eigenvalue weighted by atomic mass is 9.93. The molecule has 3 fully saturated rings. The fraction of sp³-hybridized carbons (Fsp3) is 0.929. The highest BCUT2D eigenvalue weighted by molar-refractivity contribution is 5.86. The molecule has 4 unspecified atom stereocenters. The molecule has 3 rings (SSSR count). The van der Waals surface area contributed by atoms with Crippen molar-refractivity contribution in [2.75, 3.05) is 0 Å². The standard InChI is InChI=1S/C14H24N2O/c1-3-14(15,4-2)13(17)16-12-10-8-5-6-9(7-8)11(10)12/h8-12H,3-7,15H2,1-2H3,(H,16,17). The number of fused-ring (bicyclic) bond motifs is 5. The van der Waals surface area contributed by atoms with Gasteiger partial charge in [0.1, 0.15) is 0 Å². The van der Waals surface area contributed by atoms with Gasteiger partial charge in [0.2, 0.25) is 5.91 Å². The van der Waals surface area contributed by atoms with Crippen molar-refractivity contribution in [3.63, 3.8) is 0 Å². The molecular weight excluding hydrogens is 212 g/mol. The van der Waals surface area contributed by atoms with Gasteiger partial charge in [-0.1, -0.05) is 13.8 Å². The van der Waals surface area contributed by atoms with E-state index in [9.17, 15) is 4.79 Å². The Bertz CT molecular complexity index is 321. The molecule has 3 aliphatic rings. The molecule has 0 aliphatic heterocycles. The molecular formula is C14H24N2O. The predicted molar refractivity (Wildman–Crippen MR) is 67.2 cm³/mol. The van der Waals surface area contributed by atoms with Crippen molar-refractivity contribution in [1.29, 1.82) is 0 Å². The van der Waals surface area contributed by atoms with Crippen LogP contribution in [-0.2, 0) is 4.79 Å². The molecule has 3 heteroatoms. The van der Waals surface area contributed by atoms with Gasteiger partial charge in [-0.3, -0.25) is 4.79 Å². The summed E-state index contributed by atoms with van der Waals surface area (Å²) in [6.07, 6.45) is 5.67. The summed E-state index contributed by atoms with van der Waals surface area (Å²) in [6.45, 7) is 4.00. The topological polar surface area (TPSA) is 55.1 Å². The molecule has 1 amide bonds. The molecule has 96 valence electrons. The first kappa shape index (κ1) is 11.5.